The molecule has 0 bridgehead atoms. The molecule has 0 atom stereocenters. The lowest BCUT2D eigenvalue weighted by Crippen LogP contribution is -2.64. The van der Waals surface area contributed by atoms with Crippen LogP contribution in [0.15, 0.2) is 23.0 Å². The van der Waals surface area contributed by atoms with Gasteiger partial charge in [0.1, 0.15) is 0 Å². The number of imidazole rings is 1. The number of H-pyrrole nitrogens is 1. The number of carbonyl (C=O) groups is 1. The lowest BCUT2D eigenvalue weighted by molar-refractivity contribution is 0.0231. The predicted molar refractivity (Wildman–Crippen MR) is 90.9 cm³/mol. The van der Waals surface area contributed by atoms with E-state index in [0.29, 0.717) is 16.9 Å². The number of aromatic amines is 1. The van der Waals surface area contributed by atoms with Crippen molar-refractivity contribution < 1.29 is 4.79 Å². The Hall–Kier alpha value is -1.69. The van der Waals surface area contributed by atoms with Crippen LogP contribution in [0.25, 0.3) is 11.0 Å². The maximum atomic E-state index is 12.6. The highest BCUT2D eigenvalue weighted by Crippen LogP contribution is 2.45. The summed E-state index contributed by atoms with van der Waals surface area (Å²) in [5, 5.41) is 0. The minimum absolute atomic E-state index is 0.0640. The van der Waals surface area contributed by atoms with Crippen molar-refractivity contribution in [1.29, 1.82) is 0 Å². The normalized spacial score (nSPS) is 22.2. The highest BCUT2D eigenvalue weighted by molar-refractivity contribution is 8.00. The van der Waals surface area contributed by atoms with Gasteiger partial charge in [0.05, 0.1) is 11.0 Å². The van der Waals surface area contributed by atoms with Gasteiger partial charge in [-0.2, -0.15) is 11.8 Å². The Morgan fingerprint density at radius 2 is 2.09 bits per heavy atom. The van der Waals surface area contributed by atoms with Gasteiger partial charge in [0.15, 0.2) is 0 Å². The zero-order valence-corrected chi connectivity index (χ0v) is 13.7. The van der Waals surface area contributed by atoms with Crippen molar-refractivity contribution in [2.45, 2.75) is 19.4 Å². The lowest BCUT2D eigenvalue weighted by Gasteiger charge is -2.55. The third-order valence-corrected chi connectivity index (χ3v) is 6.95. The van der Waals surface area contributed by atoms with Gasteiger partial charge in [-0.3, -0.25) is 9.36 Å². The second-order valence-corrected chi connectivity index (χ2v) is 8.36. The molecular formula is C17H19N3O2S. The number of hydrogen-bond acceptors (Lipinski definition) is 3. The summed E-state index contributed by atoms with van der Waals surface area (Å²) in [5.41, 5.74) is 2.71. The average molecular weight is 329 g/mol. The second kappa shape index (κ2) is 4.66. The zero-order valence-electron chi connectivity index (χ0n) is 12.9. The molecular weight excluding hydrogens is 310 g/mol. The molecule has 1 aliphatic carbocycles. The highest BCUT2D eigenvalue weighted by Gasteiger charge is 2.49. The minimum atomic E-state index is -0.0640. The Bertz CT molecular complexity index is 852. The van der Waals surface area contributed by atoms with E-state index in [4.69, 9.17) is 0 Å². The van der Waals surface area contributed by atoms with Crippen LogP contribution in [0, 0.1) is 11.3 Å². The van der Waals surface area contributed by atoms with E-state index in [-0.39, 0.29) is 11.6 Å². The van der Waals surface area contributed by atoms with Crippen LogP contribution in [0.4, 0.5) is 0 Å². The van der Waals surface area contributed by atoms with E-state index in [2.05, 4.69) is 4.98 Å². The van der Waals surface area contributed by atoms with Crippen LogP contribution in [-0.2, 0) is 6.54 Å². The van der Waals surface area contributed by atoms with E-state index < -0.39 is 0 Å². The Morgan fingerprint density at radius 1 is 1.30 bits per heavy atom. The molecule has 1 aromatic carbocycles. The molecule has 0 unspecified atom stereocenters. The summed E-state index contributed by atoms with van der Waals surface area (Å²) in [6.45, 7) is 2.56. The fraction of sp³-hybridized carbons (Fsp3) is 0.529. The predicted octanol–water partition coefficient (Wildman–Crippen LogP) is 1.93. The fourth-order valence-corrected chi connectivity index (χ4v) is 4.85. The van der Waals surface area contributed by atoms with Gasteiger partial charge in [-0.25, -0.2) is 4.79 Å². The first kappa shape index (κ1) is 13.7. The Balaban J connectivity index is 1.41. The van der Waals surface area contributed by atoms with Crippen molar-refractivity contribution in [3.8, 4) is 0 Å². The summed E-state index contributed by atoms with van der Waals surface area (Å²) in [6, 6.07) is 5.61. The third kappa shape index (κ3) is 2.15. The van der Waals surface area contributed by atoms with Crippen LogP contribution in [0.2, 0.25) is 0 Å². The molecule has 120 valence electrons. The van der Waals surface area contributed by atoms with Gasteiger partial charge in [-0.05, 0) is 37.0 Å². The highest BCUT2D eigenvalue weighted by atomic mass is 32.2. The van der Waals surface area contributed by atoms with Gasteiger partial charge < -0.3 is 9.88 Å². The molecule has 2 aromatic rings. The molecule has 23 heavy (non-hydrogen) atoms. The zero-order chi connectivity index (χ0) is 15.6. The standard InChI is InChI=1S/C17H19N3O2S/c21-15(19-7-17(8-19)9-23-10-17)12-3-4-14-13(5-12)18-16(22)20(14)6-11-1-2-11/h3-5,11H,1-2,6-10H2,(H,18,22). The molecule has 5 nitrogen and oxygen atoms in total. The Labute approximate surface area is 138 Å². The number of likely N-dealkylation sites (tertiary alicyclic amines) is 1. The molecule has 3 aliphatic rings. The second-order valence-electron chi connectivity index (χ2n) is 7.37. The average Bonchev–Trinajstić information content (AvgIpc) is 3.20. The van der Waals surface area contributed by atoms with Crippen LogP contribution in [0.1, 0.15) is 23.2 Å². The molecule has 1 N–H and O–H groups in total. The minimum Gasteiger partial charge on any atom is -0.337 e. The van der Waals surface area contributed by atoms with E-state index in [1.807, 2.05) is 39.4 Å². The first-order valence-electron chi connectivity index (χ1n) is 8.23. The van der Waals surface area contributed by atoms with Gasteiger partial charge in [0, 0.05) is 42.1 Å². The first-order valence-corrected chi connectivity index (χ1v) is 9.39. The van der Waals surface area contributed by atoms with Crippen molar-refractivity contribution in [2.75, 3.05) is 24.6 Å². The molecule has 1 aromatic heterocycles. The number of nitrogens with zero attached hydrogens (tertiary/aromatic N) is 2. The van der Waals surface area contributed by atoms with Crippen molar-refractivity contribution in [3.63, 3.8) is 0 Å². The fourth-order valence-electron chi connectivity index (χ4n) is 3.70. The monoisotopic (exact) mass is 329 g/mol. The molecule has 1 amide bonds. The number of nitrogens with one attached hydrogen (secondary N) is 1. The van der Waals surface area contributed by atoms with E-state index >= 15 is 0 Å². The molecule has 1 spiro atoms. The molecule has 3 fully saturated rings. The number of hydrogen-bond donors (Lipinski definition) is 1. The molecule has 2 aliphatic heterocycles. The first-order chi connectivity index (χ1) is 11.1. The van der Waals surface area contributed by atoms with Crippen LogP contribution in [0.3, 0.4) is 0 Å². The molecule has 3 heterocycles. The topological polar surface area (TPSA) is 58.1 Å². The summed E-state index contributed by atoms with van der Waals surface area (Å²) >= 11 is 1.96. The van der Waals surface area contributed by atoms with Crippen LogP contribution < -0.4 is 5.69 Å². The quantitative estimate of drug-likeness (QED) is 0.936. The number of fused-ring (bicyclic) bond motifs is 1. The van der Waals surface area contributed by atoms with Gasteiger partial charge in [-0.1, -0.05) is 0 Å². The van der Waals surface area contributed by atoms with E-state index in [9.17, 15) is 9.59 Å². The largest absolute Gasteiger partial charge is 0.337 e. The van der Waals surface area contributed by atoms with E-state index in [1.165, 1.54) is 24.3 Å². The number of rotatable bonds is 3. The van der Waals surface area contributed by atoms with Crippen molar-refractivity contribution in [2.24, 2.45) is 11.3 Å². The maximum absolute atomic E-state index is 12.6. The molecule has 6 heteroatoms. The summed E-state index contributed by atoms with van der Waals surface area (Å²) in [7, 11) is 0. The number of amides is 1. The van der Waals surface area contributed by atoms with Crippen molar-refractivity contribution >= 4 is 28.7 Å². The van der Waals surface area contributed by atoms with Gasteiger partial charge in [0.25, 0.3) is 5.91 Å². The van der Waals surface area contributed by atoms with Crippen LogP contribution >= 0.6 is 11.8 Å². The van der Waals surface area contributed by atoms with Gasteiger partial charge >= 0.3 is 5.69 Å². The van der Waals surface area contributed by atoms with Crippen molar-refractivity contribution in [3.05, 3.63) is 34.2 Å². The van der Waals surface area contributed by atoms with Crippen LogP contribution in [0.5, 0.6) is 0 Å². The number of thioether (sulfide) groups is 1. The number of benzene rings is 1. The Morgan fingerprint density at radius 3 is 2.74 bits per heavy atom. The number of aromatic nitrogens is 2. The number of carbonyl (C=O) groups excluding carboxylic acids is 1. The SMILES string of the molecule is O=C(c1ccc2c(c1)[nH]c(=O)n2CC1CC1)N1CC2(CSC2)C1. The summed E-state index contributed by atoms with van der Waals surface area (Å²) in [4.78, 5) is 29.6. The van der Waals surface area contributed by atoms with Crippen molar-refractivity contribution in [1.82, 2.24) is 14.5 Å². The molecule has 0 radical (unpaired) electrons. The molecule has 1 saturated carbocycles. The summed E-state index contributed by atoms with van der Waals surface area (Å²) in [6.07, 6.45) is 2.43. The summed E-state index contributed by atoms with van der Waals surface area (Å²) < 4.78 is 1.81. The van der Waals surface area contributed by atoms with Crippen LogP contribution in [-0.4, -0.2) is 45.0 Å². The maximum Gasteiger partial charge on any atom is 0.326 e. The summed E-state index contributed by atoms with van der Waals surface area (Å²) in [5.74, 6) is 3.11. The van der Waals surface area contributed by atoms with Gasteiger partial charge in [-0.15, -0.1) is 0 Å². The smallest absolute Gasteiger partial charge is 0.326 e. The molecule has 2 saturated heterocycles. The van der Waals surface area contributed by atoms with Gasteiger partial charge in [0.2, 0.25) is 0 Å². The Kier molecular flexibility index (Phi) is 2.78. The lowest BCUT2D eigenvalue weighted by atomic mass is 9.82. The van der Waals surface area contributed by atoms with E-state index in [0.717, 1.165) is 30.7 Å². The van der Waals surface area contributed by atoms with E-state index in [1.54, 1.807) is 0 Å². The third-order valence-electron chi connectivity index (χ3n) is 5.32. The molecule has 5 rings (SSSR count).